The third-order valence-electron chi connectivity index (χ3n) is 4.18. The van der Waals surface area contributed by atoms with Crippen molar-refractivity contribution in [3.63, 3.8) is 0 Å². The van der Waals surface area contributed by atoms with Gasteiger partial charge in [0.05, 0.1) is 17.8 Å². The Morgan fingerprint density at radius 3 is 2.83 bits per heavy atom. The van der Waals surface area contributed by atoms with Gasteiger partial charge in [0.15, 0.2) is 0 Å². The van der Waals surface area contributed by atoms with E-state index in [0.717, 1.165) is 25.7 Å². The van der Waals surface area contributed by atoms with Crippen LogP contribution in [0.15, 0.2) is 21.9 Å². The zero-order valence-corrected chi connectivity index (χ0v) is 13.8. The summed E-state index contributed by atoms with van der Waals surface area (Å²) in [5.41, 5.74) is -0.477. The lowest BCUT2D eigenvalue weighted by Crippen LogP contribution is -2.33. The Morgan fingerprint density at radius 2 is 2.17 bits per heavy atom. The molecule has 2 heterocycles. The summed E-state index contributed by atoms with van der Waals surface area (Å²) in [6.45, 7) is 4.07. The van der Waals surface area contributed by atoms with E-state index < -0.39 is 23.6 Å². The van der Waals surface area contributed by atoms with E-state index in [1.54, 1.807) is 6.08 Å². The second-order valence-electron chi connectivity index (χ2n) is 5.99. The molecule has 2 N–H and O–H groups in total. The van der Waals surface area contributed by atoms with Gasteiger partial charge in [0.25, 0.3) is 5.56 Å². The number of unbranched alkanes of at least 4 members (excludes halogenated alkanes) is 3. The number of hydrogen-bond donors (Lipinski definition) is 2. The van der Waals surface area contributed by atoms with Gasteiger partial charge in [-0.2, -0.15) is 0 Å². The third kappa shape index (κ3) is 4.42. The number of aromatic amines is 1. The first kappa shape index (κ1) is 17.7. The average molecular weight is 322 g/mol. The number of allylic oxidation sites excluding steroid dienone is 1. The first-order valence-corrected chi connectivity index (χ1v) is 8.42. The Kier molecular flexibility index (Phi) is 6.36. The number of rotatable bonds is 7. The van der Waals surface area contributed by atoms with Crippen LogP contribution in [0.1, 0.15) is 64.2 Å². The molecule has 0 saturated carbocycles. The highest BCUT2D eigenvalue weighted by Gasteiger charge is 2.34. The zero-order valence-electron chi connectivity index (χ0n) is 13.8. The molecule has 3 atom stereocenters. The van der Waals surface area contributed by atoms with Crippen LogP contribution in [0.2, 0.25) is 0 Å². The predicted molar refractivity (Wildman–Crippen MR) is 89.3 cm³/mol. The molecule has 1 saturated heterocycles. The van der Waals surface area contributed by atoms with Gasteiger partial charge in [0, 0.05) is 12.6 Å². The van der Waals surface area contributed by atoms with E-state index in [4.69, 9.17) is 4.74 Å². The van der Waals surface area contributed by atoms with Crippen molar-refractivity contribution in [2.45, 2.75) is 70.8 Å². The average Bonchev–Trinajstić information content (AvgIpc) is 2.89. The second kappa shape index (κ2) is 8.26. The third-order valence-corrected chi connectivity index (χ3v) is 4.18. The number of H-pyrrole nitrogens is 1. The molecule has 2 rings (SSSR count). The van der Waals surface area contributed by atoms with Crippen LogP contribution in [0.4, 0.5) is 0 Å². The number of nitrogens with zero attached hydrogens (tertiary/aromatic N) is 1. The lowest BCUT2D eigenvalue weighted by Gasteiger charge is -2.15. The van der Waals surface area contributed by atoms with Gasteiger partial charge >= 0.3 is 5.69 Å². The predicted octanol–water partition coefficient (Wildman–Crippen LogP) is 2.19. The van der Waals surface area contributed by atoms with Crippen molar-refractivity contribution in [2.75, 3.05) is 0 Å². The van der Waals surface area contributed by atoms with Crippen molar-refractivity contribution in [2.24, 2.45) is 0 Å². The molecule has 0 bridgehead atoms. The van der Waals surface area contributed by atoms with E-state index >= 15 is 0 Å². The molecule has 1 aromatic heterocycles. The van der Waals surface area contributed by atoms with Gasteiger partial charge < -0.3 is 9.84 Å². The minimum atomic E-state index is -0.586. The molecule has 6 heteroatoms. The molecule has 6 nitrogen and oxygen atoms in total. The second-order valence-corrected chi connectivity index (χ2v) is 5.99. The maximum atomic E-state index is 12.0. The fourth-order valence-electron chi connectivity index (χ4n) is 2.81. The van der Waals surface area contributed by atoms with E-state index in [0.29, 0.717) is 18.4 Å². The van der Waals surface area contributed by atoms with Crippen LogP contribution < -0.4 is 11.2 Å². The fraction of sp³-hybridized carbons (Fsp3) is 0.647. The lowest BCUT2D eigenvalue weighted by molar-refractivity contribution is -0.0217. The van der Waals surface area contributed by atoms with Crippen LogP contribution in [-0.2, 0) is 4.74 Å². The van der Waals surface area contributed by atoms with Crippen LogP contribution >= 0.6 is 0 Å². The summed E-state index contributed by atoms with van der Waals surface area (Å²) < 4.78 is 7.08. The number of nitrogens with one attached hydrogen (secondary N) is 1. The van der Waals surface area contributed by atoms with Crippen LogP contribution in [-0.4, -0.2) is 26.9 Å². The summed E-state index contributed by atoms with van der Waals surface area (Å²) in [4.78, 5) is 26.2. The van der Waals surface area contributed by atoms with Crippen LogP contribution in [0.5, 0.6) is 0 Å². The smallest absolute Gasteiger partial charge is 0.330 e. The van der Waals surface area contributed by atoms with Crippen LogP contribution in [0, 0.1) is 0 Å². The first-order valence-electron chi connectivity index (χ1n) is 8.42. The van der Waals surface area contributed by atoms with Crippen molar-refractivity contribution >= 4 is 6.08 Å². The van der Waals surface area contributed by atoms with E-state index in [-0.39, 0.29) is 6.10 Å². The molecular weight excluding hydrogens is 296 g/mol. The molecule has 0 unspecified atom stereocenters. The molecule has 1 aromatic rings. The quantitative estimate of drug-likeness (QED) is 0.754. The normalized spacial score (nSPS) is 24.6. The van der Waals surface area contributed by atoms with Gasteiger partial charge in [-0.3, -0.25) is 14.3 Å². The topological polar surface area (TPSA) is 84.3 Å². The zero-order chi connectivity index (χ0) is 16.8. The van der Waals surface area contributed by atoms with Gasteiger partial charge in [-0.05, 0) is 19.3 Å². The van der Waals surface area contributed by atoms with Crippen molar-refractivity contribution in [3.8, 4) is 0 Å². The Hall–Kier alpha value is -1.66. The molecule has 0 amide bonds. The molecule has 23 heavy (non-hydrogen) atoms. The van der Waals surface area contributed by atoms with E-state index in [1.165, 1.54) is 10.8 Å². The Bertz CT molecular complexity index is 647. The van der Waals surface area contributed by atoms with Crippen molar-refractivity contribution in [3.05, 3.63) is 38.7 Å². The van der Waals surface area contributed by atoms with Crippen LogP contribution in [0.3, 0.4) is 0 Å². The SMILES string of the molecule is CCCCC/C=C/c1cn([C@H]2C[C@@H](O)[C@@H](CC)O2)c(=O)[nH]c1=O. The Balaban J connectivity index is 2.17. The molecule has 0 aliphatic carbocycles. The number of ether oxygens (including phenoxy) is 1. The van der Waals surface area contributed by atoms with Gasteiger partial charge in [0.2, 0.25) is 0 Å². The first-order chi connectivity index (χ1) is 11.1. The fourth-order valence-corrected chi connectivity index (χ4v) is 2.81. The van der Waals surface area contributed by atoms with Crippen LogP contribution in [0.25, 0.3) is 6.08 Å². The summed E-state index contributed by atoms with van der Waals surface area (Å²) in [5.74, 6) is 0. The van der Waals surface area contributed by atoms with Crippen molar-refractivity contribution in [1.29, 1.82) is 0 Å². The highest BCUT2D eigenvalue weighted by atomic mass is 16.5. The number of aromatic nitrogens is 2. The molecular formula is C17H26N2O4. The van der Waals surface area contributed by atoms with Gasteiger partial charge in [-0.1, -0.05) is 38.8 Å². The summed E-state index contributed by atoms with van der Waals surface area (Å²) in [7, 11) is 0. The summed E-state index contributed by atoms with van der Waals surface area (Å²) >= 11 is 0. The summed E-state index contributed by atoms with van der Waals surface area (Å²) in [6, 6.07) is 0. The highest BCUT2D eigenvalue weighted by Crippen LogP contribution is 2.29. The van der Waals surface area contributed by atoms with Gasteiger partial charge in [0.1, 0.15) is 6.23 Å². The molecule has 128 valence electrons. The molecule has 1 aliphatic rings. The van der Waals surface area contributed by atoms with E-state index in [2.05, 4.69) is 11.9 Å². The minimum absolute atomic E-state index is 0.271. The molecule has 0 aromatic carbocycles. The Morgan fingerprint density at radius 1 is 1.39 bits per heavy atom. The van der Waals surface area contributed by atoms with E-state index in [9.17, 15) is 14.7 Å². The van der Waals surface area contributed by atoms with Crippen molar-refractivity contribution in [1.82, 2.24) is 9.55 Å². The monoisotopic (exact) mass is 322 g/mol. The van der Waals surface area contributed by atoms with Gasteiger partial charge in [-0.15, -0.1) is 0 Å². The number of aliphatic hydroxyl groups excluding tert-OH is 1. The molecule has 0 radical (unpaired) electrons. The largest absolute Gasteiger partial charge is 0.390 e. The summed E-state index contributed by atoms with van der Waals surface area (Å²) in [5, 5.41) is 9.93. The molecule has 1 fully saturated rings. The number of hydrogen-bond acceptors (Lipinski definition) is 4. The highest BCUT2D eigenvalue weighted by molar-refractivity contribution is 5.46. The molecule has 0 spiro atoms. The van der Waals surface area contributed by atoms with E-state index in [1.807, 2.05) is 13.0 Å². The van der Waals surface area contributed by atoms with Crippen molar-refractivity contribution < 1.29 is 9.84 Å². The Labute approximate surface area is 135 Å². The standard InChI is InChI=1S/C17H26N2O4/c1-3-5-6-7-8-9-12-11-19(17(22)18-16(12)21)15-10-13(20)14(4-2)23-15/h8-9,11,13-15,20H,3-7,10H2,1-2H3,(H,18,21,22)/b9-8+/t13-,14-,15-/m1/s1. The molecule has 1 aliphatic heterocycles. The maximum absolute atomic E-state index is 12.0. The number of aliphatic hydroxyl groups is 1. The maximum Gasteiger partial charge on any atom is 0.330 e. The van der Waals surface area contributed by atoms with Gasteiger partial charge in [-0.25, -0.2) is 4.79 Å². The summed E-state index contributed by atoms with van der Waals surface area (Å²) in [6.07, 6.45) is 9.16. The lowest BCUT2D eigenvalue weighted by atomic mass is 10.1. The minimum Gasteiger partial charge on any atom is -0.390 e.